The van der Waals surface area contributed by atoms with Gasteiger partial charge in [0, 0.05) is 43.3 Å². The molecule has 3 N–H and O–H groups in total. The Morgan fingerprint density at radius 3 is 2.55 bits per heavy atom. The average Bonchev–Trinajstić information content (AvgIpc) is 3.37. The Morgan fingerprint density at radius 1 is 1.32 bits per heavy atom. The average molecular weight is 546 g/mol. The SMILES string of the molecule is CN=CC(=C(C)N)S(=O)(=O)NC(=O)c1ccc(-n2ccc(OCC(C)(C)C)n2)nc1N1C[C@@H](C)CC1(C)C. The molecule has 0 unspecified atom stereocenters. The van der Waals surface area contributed by atoms with Gasteiger partial charge in [0.25, 0.3) is 15.9 Å². The number of allylic oxidation sites excluding steroid dienone is 2. The second kappa shape index (κ2) is 10.8. The molecule has 0 saturated carbocycles. The predicted octanol–water partition coefficient (Wildman–Crippen LogP) is 3.27. The largest absolute Gasteiger partial charge is 0.476 e. The quantitative estimate of drug-likeness (QED) is 0.481. The van der Waals surface area contributed by atoms with Crippen molar-refractivity contribution >= 4 is 28.0 Å². The molecule has 0 aromatic carbocycles. The van der Waals surface area contributed by atoms with Crippen LogP contribution in [-0.2, 0) is 10.0 Å². The number of nitrogens with one attached hydrogen (secondary N) is 1. The maximum atomic E-state index is 13.4. The summed E-state index contributed by atoms with van der Waals surface area (Å²) in [6, 6.07) is 4.93. The van der Waals surface area contributed by atoms with Crippen molar-refractivity contribution in [1.82, 2.24) is 19.5 Å². The molecule has 38 heavy (non-hydrogen) atoms. The Balaban J connectivity index is 2.03. The molecule has 2 aromatic rings. The van der Waals surface area contributed by atoms with Gasteiger partial charge in [-0.05, 0) is 50.7 Å². The third-order valence-electron chi connectivity index (χ3n) is 6.04. The third-order valence-corrected chi connectivity index (χ3v) is 7.50. The number of rotatable bonds is 8. The molecule has 12 heteroatoms. The van der Waals surface area contributed by atoms with Gasteiger partial charge >= 0.3 is 0 Å². The number of nitrogens with zero attached hydrogens (tertiary/aromatic N) is 5. The molecule has 0 aliphatic carbocycles. The van der Waals surface area contributed by atoms with Crippen molar-refractivity contribution in [3.05, 3.63) is 40.6 Å². The summed E-state index contributed by atoms with van der Waals surface area (Å²) >= 11 is 0. The summed E-state index contributed by atoms with van der Waals surface area (Å²) in [7, 11) is -2.84. The van der Waals surface area contributed by atoms with Crippen LogP contribution in [0.5, 0.6) is 5.88 Å². The molecule has 0 bridgehead atoms. The number of hydrogen-bond donors (Lipinski definition) is 2. The monoisotopic (exact) mass is 545 g/mol. The van der Waals surface area contributed by atoms with E-state index in [1.807, 2.05) is 4.90 Å². The van der Waals surface area contributed by atoms with Gasteiger partial charge < -0.3 is 15.4 Å². The highest BCUT2D eigenvalue weighted by molar-refractivity contribution is 7.94. The number of nitrogens with two attached hydrogens (primary N) is 1. The highest BCUT2D eigenvalue weighted by Gasteiger charge is 2.39. The number of aliphatic imine (C=N–C) groups is 1. The Hall–Kier alpha value is -3.41. The fourth-order valence-electron chi connectivity index (χ4n) is 4.44. The molecule has 0 radical (unpaired) electrons. The molecular weight excluding hydrogens is 506 g/mol. The standard InChI is InChI=1S/C26H39N7O4S/c1-17-13-26(6,7)32(15-17)23-19(24(34)31-38(35,36)20(14-28-8)18(2)27)9-10-21(29-23)33-12-11-22(30-33)37-16-25(3,4)5/h9-12,14,17H,13,15-16,27H2,1-8H3,(H,31,34)/t17-/m0/s1. The van der Waals surface area contributed by atoms with Crippen LogP contribution < -0.4 is 20.1 Å². The first-order chi connectivity index (χ1) is 17.5. The fraction of sp³-hybridized carbons (Fsp3) is 0.538. The first kappa shape index (κ1) is 29.2. The van der Waals surface area contributed by atoms with Crippen molar-refractivity contribution in [2.24, 2.45) is 22.1 Å². The summed E-state index contributed by atoms with van der Waals surface area (Å²) in [6.07, 6.45) is 3.73. The highest BCUT2D eigenvalue weighted by atomic mass is 32.2. The molecule has 208 valence electrons. The number of ether oxygens (including phenoxy) is 1. The van der Waals surface area contributed by atoms with Gasteiger partial charge in [0.2, 0.25) is 5.88 Å². The van der Waals surface area contributed by atoms with Crippen molar-refractivity contribution in [2.75, 3.05) is 25.1 Å². The topological polar surface area (TPSA) is 145 Å². The summed E-state index contributed by atoms with van der Waals surface area (Å²) in [4.78, 5) is 23.7. The predicted molar refractivity (Wildman–Crippen MR) is 149 cm³/mol. The second-order valence-corrected chi connectivity index (χ2v) is 13.2. The van der Waals surface area contributed by atoms with E-state index in [2.05, 4.69) is 56.4 Å². The lowest BCUT2D eigenvalue weighted by Crippen LogP contribution is -2.41. The van der Waals surface area contributed by atoms with Crippen LogP contribution in [0.2, 0.25) is 0 Å². The van der Waals surface area contributed by atoms with Crippen LogP contribution in [0, 0.1) is 11.3 Å². The number of carbonyl (C=O) groups excluding carboxylic acids is 1. The Morgan fingerprint density at radius 2 is 2.00 bits per heavy atom. The number of sulfonamides is 1. The number of anilines is 1. The summed E-state index contributed by atoms with van der Waals surface area (Å²) in [5, 5.41) is 4.48. The molecule has 3 rings (SSSR count). The molecule has 2 aromatic heterocycles. The first-order valence-electron chi connectivity index (χ1n) is 12.5. The van der Waals surface area contributed by atoms with Gasteiger partial charge in [0.1, 0.15) is 10.7 Å². The normalized spacial score (nSPS) is 18.5. The lowest BCUT2D eigenvalue weighted by Gasteiger charge is -2.34. The maximum Gasteiger partial charge on any atom is 0.268 e. The molecule has 1 saturated heterocycles. The number of carbonyl (C=O) groups is 1. The first-order valence-corrected chi connectivity index (χ1v) is 14.0. The Labute approximate surface area is 225 Å². The zero-order chi connectivity index (χ0) is 28.5. The van der Waals surface area contributed by atoms with E-state index < -0.39 is 15.9 Å². The van der Waals surface area contributed by atoms with Crippen molar-refractivity contribution in [3.8, 4) is 11.7 Å². The van der Waals surface area contributed by atoms with Gasteiger partial charge in [0.15, 0.2) is 5.82 Å². The van der Waals surface area contributed by atoms with Crippen LogP contribution in [0.25, 0.3) is 5.82 Å². The summed E-state index contributed by atoms with van der Waals surface area (Å²) < 4.78 is 35.4. The summed E-state index contributed by atoms with van der Waals surface area (Å²) in [5.41, 5.74) is 5.56. The number of hydrogen-bond acceptors (Lipinski definition) is 9. The lowest BCUT2D eigenvalue weighted by atomic mass is 9.97. The molecule has 1 aliphatic heterocycles. The Bertz CT molecular complexity index is 1350. The number of amides is 1. The van der Waals surface area contributed by atoms with Crippen LogP contribution in [0.15, 0.2) is 40.0 Å². The van der Waals surface area contributed by atoms with Crippen molar-refractivity contribution in [3.63, 3.8) is 0 Å². The minimum absolute atomic E-state index is 0.0160. The van der Waals surface area contributed by atoms with Crippen LogP contribution in [-0.4, -0.2) is 61.0 Å². The number of pyridine rings is 1. The Kier molecular flexibility index (Phi) is 8.25. The summed E-state index contributed by atoms with van der Waals surface area (Å²) in [6.45, 7) is 15.1. The molecule has 0 spiro atoms. The zero-order valence-electron chi connectivity index (χ0n) is 23.4. The van der Waals surface area contributed by atoms with E-state index >= 15 is 0 Å². The minimum Gasteiger partial charge on any atom is -0.476 e. The van der Waals surface area contributed by atoms with Crippen LogP contribution in [0.4, 0.5) is 5.82 Å². The second-order valence-electron chi connectivity index (χ2n) is 11.6. The lowest BCUT2D eigenvalue weighted by molar-refractivity contribution is 0.0982. The van der Waals surface area contributed by atoms with Crippen LogP contribution in [0.3, 0.4) is 0 Å². The van der Waals surface area contributed by atoms with Gasteiger partial charge in [-0.15, -0.1) is 5.10 Å². The van der Waals surface area contributed by atoms with E-state index in [4.69, 9.17) is 15.5 Å². The van der Waals surface area contributed by atoms with Crippen molar-refractivity contribution in [2.45, 2.75) is 60.4 Å². The fourth-order valence-corrected chi connectivity index (χ4v) is 5.58. The molecule has 1 atom stereocenters. The van der Waals surface area contributed by atoms with Gasteiger partial charge in [-0.2, -0.15) is 0 Å². The third kappa shape index (κ3) is 6.72. The van der Waals surface area contributed by atoms with Gasteiger partial charge in [-0.1, -0.05) is 27.7 Å². The van der Waals surface area contributed by atoms with Crippen LogP contribution in [0.1, 0.15) is 65.2 Å². The van der Waals surface area contributed by atoms with Gasteiger partial charge in [0.05, 0.1) is 12.2 Å². The molecular formula is C26H39N7O4S. The minimum atomic E-state index is -4.26. The molecule has 1 aliphatic rings. The van der Waals surface area contributed by atoms with E-state index in [0.717, 1.165) is 12.6 Å². The van der Waals surface area contributed by atoms with Gasteiger partial charge in [-0.25, -0.2) is 22.8 Å². The van der Waals surface area contributed by atoms with Crippen molar-refractivity contribution < 1.29 is 17.9 Å². The van der Waals surface area contributed by atoms with E-state index in [-0.39, 0.29) is 27.1 Å². The van der Waals surface area contributed by atoms with E-state index in [0.29, 0.717) is 36.6 Å². The van der Waals surface area contributed by atoms with E-state index in [9.17, 15) is 13.2 Å². The maximum absolute atomic E-state index is 13.4. The molecule has 1 fully saturated rings. The van der Waals surface area contributed by atoms with E-state index in [1.165, 1.54) is 14.0 Å². The van der Waals surface area contributed by atoms with Crippen molar-refractivity contribution in [1.29, 1.82) is 0 Å². The number of aromatic nitrogens is 3. The zero-order valence-corrected chi connectivity index (χ0v) is 24.3. The van der Waals surface area contributed by atoms with Crippen LogP contribution >= 0.6 is 0 Å². The molecule has 3 heterocycles. The van der Waals surface area contributed by atoms with E-state index in [1.54, 1.807) is 29.1 Å². The smallest absolute Gasteiger partial charge is 0.268 e. The van der Waals surface area contributed by atoms with Gasteiger partial charge in [-0.3, -0.25) is 9.79 Å². The molecule has 1 amide bonds. The molecule has 11 nitrogen and oxygen atoms in total. The summed E-state index contributed by atoms with van der Waals surface area (Å²) in [5.74, 6) is 0.841. The highest BCUT2D eigenvalue weighted by Crippen LogP contribution is 2.37.